The summed E-state index contributed by atoms with van der Waals surface area (Å²) in [6, 6.07) is 16.8. The first-order valence-electron chi connectivity index (χ1n) is 9.55. The van der Waals surface area contributed by atoms with E-state index in [0.717, 1.165) is 24.1 Å². The van der Waals surface area contributed by atoms with Crippen molar-refractivity contribution >= 4 is 18.0 Å². The van der Waals surface area contributed by atoms with Gasteiger partial charge in [-0.15, -0.1) is 0 Å². The number of carboxylic acids is 1. The summed E-state index contributed by atoms with van der Waals surface area (Å²) in [6.45, 7) is 1.24. The maximum atomic E-state index is 12.6. The van der Waals surface area contributed by atoms with Gasteiger partial charge in [-0.3, -0.25) is 9.59 Å². The minimum absolute atomic E-state index is 0.161. The molecule has 2 rings (SSSR count). The Bertz CT molecular complexity index is 819. The highest BCUT2D eigenvalue weighted by Gasteiger charge is 2.17. The molecule has 0 unspecified atom stereocenters. The largest absolute Gasteiger partial charge is 0.493 e. The monoisotopic (exact) mass is 396 g/mol. The Morgan fingerprint density at radius 3 is 2.41 bits per heavy atom. The molecular weight excluding hydrogens is 368 g/mol. The molecule has 0 spiro atoms. The van der Waals surface area contributed by atoms with E-state index < -0.39 is 5.97 Å². The van der Waals surface area contributed by atoms with Gasteiger partial charge < -0.3 is 19.6 Å². The lowest BCUT2D eigenvalue weighted by atomic mass is 10.1. The number of hydrogen-bond acceptors (Lipinski definition) is 4. The van der Waals surface area contributed by atoms with Crippen LogP contribution < -0.4 is 4.74 Å². The molecule has 0 saturated heterocycles. The fraction of sp³-hybridized carbons (Fsp3) is 0.304. The van der Waals surface area contributed by atoms with E-state index in [-0.39, 0.29) is 19.0 Å². The molecule has 0 bridgehead atoms. The van der Waals surface area contributed by atoms with Gasteiger partial charge in [-0.25, -0.2) is 0 Å². The van der Waals surface area contributed by atoms with Gasteiger partial charge in [-0.1, -0.05) is 48.5 Å². The molecule has 0 aliphatic heterocycles. The van der Waals surface area contributed by atoms with Crippen LogP contribution in [0.2, 0.25) is 0 Å². The molecular formula is C23H28N2O4. The lowest BCUT2D eigenvalue weighted by Crippen LogP contribution is -2.34. The van der Waals surface area contributed by atoms with Crippen LogP contribution in [0.15, 0.2) is 60.7 Å². The zero-order chi connectivity index (χ0) is 21.1. The predicted molar refractivity (Wildman–Crippen MR) is 114 cm³/mol. The first kappa shape index (κ1) is 22.2. The van der Waals surface area contributed by atoms with Gasteiger partial charge in [0.05, 0.1) is 13.2 Å². The molecule has 29 heavy (non-hydrogen) atoms. The standard InChI is InChI=1S/C23H28N2O4/c1-24(2)15-8-16-29-21-12-7-6-11-20(21)17-25(18-23(27)28)22(26)14-13-19-9-4-3-5-10-19/h3-7,9-14H,8,15-18H2,1-2H3,(H,27,28)/b14-13+. The maximum Gasteiger partial charge on any atom is 0.323 e. The van der Waals surface area contributed by atoms with Gasteiger partial charge >= 0.3 is 5.97 Å². The molecule has 0 fully saturated rings. The number of ether oxygens (including phenoxy) is 1. The highest BCUT2D eigenvalue weighted by molar-refractivity contribution is 5.93. The summed E-state index contributed by atoms with van der Waals surface area (Å²) >= 11 is 0. The fourth-order valence-corrected chi connectivity index (χ4v) is 2.76. The smallest absolute Gasteiger partial charge is 0.323 e. The Kier molecular flexibility index (Phi) is 8.92. The van der Waals surface area contributed by atoms with E-state index in [1.54, 1.807) is 6.08 Å². The molecule has 0 aliphatic carbocycles. The minimum atomic E-state index is -1.06. The zero-order valence-electron chi connectivity index (χ0n) is 17.0. The van der Waals surface area contributed by atoms with Gasteiger partial charge in [-0.05, 0) is 38.2 Å². The van der Waals surface area contributed by atoms with Crippen LogP contribution >= 0.6 is 0 Å². The van der Waals surface area contributed by atoms with Crippen molar-refractivity contribution in [3.8, 4) is 5.75 Å². The third kappa shape index (κ3) is 8.19. The van der Waals surface area contributed by atoms with E-state index in [1.807, 2.05) is 68.7 Å². The average Bonchev–Trinajstić information content (AvgIpc) is 2.70. The van der Waals surface area contributed by atoms with Crippen LogP contribution in [0.5, 0.6) is 5.75 Å². The predicted octanol–water partition coefficient (Wildman–Crippen LogP) is 3.14. The summed E-state index contributed by atoms with van der Waals surface area (Å²) in [6.07, 6.45) is 3.96. The van der Waals surface area contributed by atoms with Crippen molar-refractivity contribution in [3.63, 3.8) is 0 Å². The maximum absolute atomic E-state index is 12.6. The molecule has 1 amide bonds. The molecule has 0 aliphatic rings. The first-order chi connectivity index (χ1) is 14.0. The quantitative estimate of drug-likeness (QED) is 0.467. The minimum Gasteiger partial charge on any atom is -0.493 e. The third-order valence-corrected chi connectivity index (χ3v) is 4.20. The topological polar surface area (TPSA) is 70.1 Å². The number of carbonyl (C=O) groups excluding carboxylic acids is 1. The van der Waals surface area contributed by atoms with Crippen molar-refractivity contribution in [1.82, 2.24) is 9.80 Å². The Morgan fingerprint density at radius 2 is 1.72 bits per heavy atom. The highest BCUT2D eigenvalue weighted by Crippen LogP contribution is 2.20. The van der Waals surface area contributed by atoms with Gasteiger partial charge in [0.25, 0.3) is 0 Å². The lowest BCUT2D eigenvalue weighted by molar-refractivity contribution is -0.143. The molecule has 154 valence electrons. The van der Waals surface area contributed by atoms with Crippen LogP contribution in [0.4, 0.5) is 0 Å². The molecule has 0 radical (unpaired) electrons. The lowest BCUT2D eigenvalue weighted by Gasteiger charge is -2.21. The van der Waals surface area contributed by atoms with Crippen LogP contribution in [-0.4, -0.2) is 60.6 Å². The van der Waals surface area contributed by atoms with Crippen molar-refractivity contribution in [2.75, 3.05) is 33.8 Å². The van der Waals surface area contributed by atoms with Crippen molar-refractivity contribution in [3.05, 3.63) is 71.8 Å². The molecule has 0 saturated carbocycles. The van der Waals surface area contributed by atoms with E-state index in [9.17, 15) is 14.7 Å². The number of nitrogens with zero attached hydrogens (tertiary/aromatic N) is 2. The summed E-state index contributed by atoms with van der Waals surface area (Å²) in [7, 11) is 4.01. The molecule has 2 aromatic carbocycles. The van der Waals surface area contributed by atoms with Gasteiger partial charge in [0.2, 0.25) is 5.91 Å². The van der Waals surface area contributed by atoms with Crippen molar-refractivity contribution in [2.45, 2.75) is 13.0 Å². The average molecular weight is 396 g/mol. The normalized spacial score (nSPS) is 11.0. The Balaban J connectivity index is 2.08. The van der Waals surface area contributed by atoms with Crippen molar-refractivity contribution < 1.29 is 19.4 Å². The SMILES string of the molecule is CN(C)CCCOc1ccccc1CN(CC(=O)O)C(=O)/C=C/c1ccccc1. The van der Waals surface area contributed by atoms with Crippen LogP contribution in [0, 0.1) is 0 Å². The van der Waals surface area contributed by atoms with E-state index in [4.69, 9.17) is 4.74 Å². The summed E-state index contributed by atoms with van der Waals surface area (Å²) < 4.78 is 5.87. The number of para-hydroxylation sites is 1. The van der Waals surface area contributed by atoms with E-state index >= 15 is 0 Å². The zero-order valence-corrected chi connectivity index (χ0v) is 17.0. The number of carbonyl (C=O) groups is 2. The Hall–Kier alpha value is -3.12. The fourth-order valence-electron chi connectivity index (χ4n) is 2.76. The number of benzene rings is 2. The molecule has 0 atom stereocenters. The summed E-state index contributed by atoms with van der Waals surface area (Å²) in [5.74, 6) is -0.754. The van der Waals surface area contributed by atoms with Gasteiger partial charge in [0.1, 0.15) is 12.3 Å². The van der Waals surface area contributed by atoms with E-state index in [1.165, 1.54) is 11.0 Å². The van der Waals surface area contributed by atoms with Gasteiger partial charge in [0.15, 0.2) is 0 Å². The van der Waals surface area contributed by atoms with E-state index in [0.29, 0.717) is 12.4 Å². The summed E-state index contributed by atoms with van der Waals surface area (Å²) in [5, 5.41) is 9.24. The Morgan fingerprint density at radius 1 is 1.03 bits per heavy atom. The van der Waals surface area contributed by atoms with Gasteiger partial charge in [0, 0.05) is 18.2 Å². The van der Waals surface area contributed by atoms with Crippen LogP contribution in [0.1, 0.15) is 17.5 Å². The molecule has 6 nitrogen and oxygen atoms in total. The molecule has 0 heterocycles. The van der Waals surface area contributed by atoms with Crippen LogP contribution in [-0.2, 0) is 16.1 Å². The molecule has 6 heteroatoms. The van der Waals surface area contributed by atoms with Crippen LogP contribution in [0.3, 0.4) is 0 Å². The van der Waals surface area contributed by atoms with Crippen molar-refractivity contribution in [2.24, 2.45) is 0 Å². The number of amides is 1. The third-order valence-electron chi connectivity index (χ3n) is 4.20. The molecule has 0 aromatic heterocycles. The second-order valence-electron chi connectivity index (χ2n) is 6.95. The second-order valence-corrected chi connectivity index (χ2v) is 6.95. The highest BCUT2D eigenvalue weighted by atomic mass is 16.5. The number of carboxylic acid groups (broad SMARTS) is 1. The summed E-state index contributed by atoms with van der Waals surface area (Å²) in [5.41, 5.74) is 1.65. The van der Waals surface area contributed by atoms with E-state index in [2.05, 4.69) is 4.90 Å². The number of aliphatic carboxylic acids is 1. The second kappa shape index (κ2) is 11.7. The first-order valence-corrected chi connectivity index (χ1v) is 9.55. The molecule has 2 aromatic rings. The van der Waals surface area contributed by atoms with Gasteiger partial charge in [-0.2, -0.15) is 0 Å². The Labute approximate surface area is 172 Å². The van der Waals surface area contributed by atoms with Crippen LogP contribution in [0.25, 0.3) is 6.08 Å². The number of rotatable bonds is 11. The van der Waals surface area contributed by atoms with Crippen molar-refractivity contribution in [1.29, 1.82) is 0 Å². The molecule has 1 N–H and O–H groups in total. The number of hydrogen-bond donors (Lipinski definition) is 1. The summed E-state index contributed by atoms with van der Waals surface area (Å²) in [4.78, 5) is 27.3.